The number of nitrogens with two attached hydrogens (primary N) is 1. The average molecular weight is 291 g/mol. The number of hydrogen-bond donors (Lipinski definition) is 1. The van der Waals surface area contributed by atoms with Crippen LogP contribution in [0.15, 0.2) is 0 Å². The highest BCUT2D eigenvalue weighted by Gasteiger charge is 2.31. The van der Waals surface area contributed by atoms with E-state index in [-0.39, 0.29) is 5.91 Å². The third kappa shape index (κ3) is 2.64. The fraction of sp³-hybridized carbons (Fsp3) is 0.733. The van der Waals surface area contributed by atoms with Gasteiger partial charge in [-0.05, 0) is 45.7 Å². The smallest absolute Gasteiger partial charge is 0.274 e. The number of hydrogen-bond acceptors (Lipinski definition) is 4. The monoisotopic (exact) mass is 291 g/mol. The molecule has 0 saturated carbocycles. The van der Waals surface area contributed by atoms with E-state index in [9.17, 15) is 4.79 Å². The van der Waals surface area contributed by atoms with Gasteiger partial charge in [0.05, 0.1) is 11.4 Å². The average Bonchev–Trinajstić information content (AvgIpc) is 3.08. The van der Waals surface area contributed by atoms with Crippen molar-refractivity contribution in [3.05, 3.63) is 11.4 Å². The molecule has 2 aliphatic heterocycles. The summed E-state index contributed by atoms with van der Waals surface area (Å²) in [5.74, 6) is 0.0273. The highest BCUT2D eigenvalue weighted by atomic mass is 16.2. The zero-order chi connectivity index (χ0) is 15.0. The van der Waals surface area contributed by atoms with E-state index < -0.39 is 0 Å². The standard InChI is InChI=1S/C15H25N5O/c1-11-13(16)14(18(2)17-11)15(21)20-9-5-6-12(10-20)19-7-3-4-8-19/h12H,3-10,16H2,1-2H3. The quantitative estimate of drug-likeness (QED) is 0.883. The van der Waals surface area contributed by atoms with Crippen LogP contribution in [0.2, 0.25) is 0 Å². The number of anilines is 1. The lowest BCUT2D eigenvalue weighted by molar-refractivity contribution is 0.0598. The normalized spacial score (nSPS) is 23.7. The van der Waals surface area contributed by atoms with Gasteiger partial charge >= 0.3 is 0 Å². The number of likely N-dealkylation sites (tertiary alicyclic amines) is 2. The second kappa shape index (κ2) is 5.67. The fourth-order valence-electron chi connectivity index (χ4n) is 3.62. The van der Waals surface area contributed by atoms with Crippen molar-refractivity contribution in [1.29, 1.82) is 0 Å². The summed E-state index contributed by atoms with van der Waals surface area (Å²) in [5.41, 5.74) is 7.81. The Kier molecular flexibility index (Phi) is 3.89. The molecule has 6 nitrogen and oxygen atoms in total. The molecular weight excluding hydrogens is 266 g/mol. The Hall–Kier alpha value is -1.56. The molecule has 21 heavy (non-hydrogen) atoms. The van der Waals surface area contributed by atoms with Crippen LogP contribution < -0.4 is 5.73 Å². The molecule has 0 aliphatic carbocycles. The minimum Gasteiger partial charge on any atom is -0.395 e. The van der Waals surface area contributed by atoms with Gasteiger partial charge in [-0.25, -0.2) is 0 Å². The Balaban J connectivity index is 1.74. The van der Waals surface area contributed by atoms with Crippen LogP contribution in [0.5, 0.6) is 0 Å². The lowest BCUT2D eigenvalue weighted by Crippen LogP contribution is -2.49. The fourth-order valence-corrected chi connectivity index (χ4v) is 3.62. The van der Waals surface area contributed by atoms with Gasteiger partial charge in [0.2, 0.25) is 0 Å². The van der Waals surface area contributed by atoms with Gasteiger partial charge in [0, 0.05) is 26.2 Å². The zero-order valence-electron chi connectivity index (χ0n) is 13.0. The van der Waals surface area contributed by atoms with Crippen molar-refractivity contribution in [1.82, 2.24) is 19.6 Å². The molecule has 0 radical (unpaired) electrons. The zero-order valence-corrected chi connectivity index (χ0v) is 13.0. The van der Waals surface area contributed by atoms with Gasteiger partial charge in [-0.2, -0.15) is 5.10 Å². The van der Waals surface area contributed by atoms with Crippen LogP contribution in [0.3, 0.4) is 0 Å². The molecule has 1 amide bonds. The van der Waals surface area contributed by atoms with E-state index in [1.807, 2.05) is 11.8 Å². The Morgan fingerprint density at radius 2 is 1.95 bits per heavy atom. The highest BCUT2D eigenvalue weighted by Crippen LogP contribution is 2.23. The molecule has 0 aromatic carbocycles. The minimum absolute atomic E-state index is 0.0273. The molecule has 1 aromatic heterocycles. The number of nitrogens with zero attached hydrogens (tertiary/aromatic N) is 4. The van der Waals surface area contributed by atoms with E-state index in [4.69, 9.17) is 5.73 Å². The summed E-state index contributed by atoms with van der Waals surface area (Å²) in [6, 6.07) is 0.515. The molecule has 0 bridgehead atoms. The molecule has 6 heteroatoms. The summed E-state index contributed by atoms with van der Waals surface area (Å²) in [7, 11) is 1.79. The molecule has 116 valence electrons. The van der Waals surface area contributed by atoms with Gasteiger partial charge in [-0.1, -0.05) is 0 Å². The minimum atomic E-state index is 0.0273. The molecule has 2 saturated heterocycles. The SMILES string of the molecule is Cc1nn(C)c(C(=O)N2CCCC(N3CCCC3)C2)c1N. The second-order valence-electron chi connectivity index (χ2n) is 6.26. The number of piperidine rings is 1. The first-order chi connectivity index (χ1) is 10.1. The molecule has 1 unspecified atom stereocenters. The van der Waals surface area contributed by atoms with Crippen molar-refractivity contribution in [3.8, 4) is 0 Å². The summed E-state index contributed by atoms with van der Waals surface area (Å²) in [6.07, 6.45) is 4.85. The van der Waals surface area contributed by atoms with Crippen molar-refractivity contribution in [2.45, 2.75) is 38.6 Å². The van der Waals surface area contributed by atoms with Gasteiger partial charge < -0.3 is 10.6 Å². The number of rotatable bonds is 2. The summed E-state index contributed by atoms with van der Waals surface area (Å²) in [6.45, 7) is 5.85. The molecule has 0 spiro atoms. The van der Waals surface area contributed by atoms with Gasteiger partial charge in [-0.3, -0.25) is 14.4 Å². The number of carbonyl (C=O) groups is 1. The third-order valence-electron chi connectivity index (χ3n) is 4.81. The van der Waals surface area contributed by atoms with Gasteiger partial charge in [0.1, 0.15) is 5.69 Å². The third-order valence-corrected chi connectivity index (χ3v) is 4.81. The Bertz CT molecular complexity index is 532. The van der Waals surface area contributed by atoms with E-state index in [1.165, 1.54) is 32.4 Å². The number of aromatic nitrogens is 2. The maximum Gasteiger partial charge on any atom is 0.274 e. The van der Waals surface area contributed by atoms with Gasteiger partial charge in [0.15, 0.2) is 0 Å². The number of aryl methyl sites for hydroxylation is 2. The van der Waals surface area contributed by atoms with Crippen molar-refractivity contribution in [3.63, 3.8) is 0 Å². The molecule has 2 N–H and O–H groups in total. The first-order valence-electron chi connectivity index (χ1n) is 7.90. The summed E-state index contributed by atoms with van der Waals surface area (Å²) >= 11 is 0. The predicted octanol–water partition coefficient (Wildman–Crippen LogP) is 1.01. The van der Waals surface area contributed by atoms with Crippen LogP contribution >= 0.6 is 0 Å². The first kappa shape index (κ1) is 14.4. The highest BCUT2D eigenvalue weighted by molar-refractivity contribution is 5.98. The van der Waals surface area contributed by atoms with E-state index in [2.05, 4.69) is 10.00 Å². The lowest BCUT2D eigenvalue weighted by atomic mass is 10.0. The molecule has 1 aromatic rings. The topological polar surface area (TPSA) is 67.4 Å². The van der Waals surface area contributed by atoms with Crippen LogP contribution in [0.1, 0.15) is 41.9 Å². The second-order valence-corrected chi connectivity index (χ2v) is 6.26. The summed E-state index contributed by atoms with van der Waals surface area (Å²) < 4.78 is 1.62. The Labute approximate surface area is 125 Å². The van der Waals surface area contributed by atoms with E-state index in [1.54, 1.807) is 11.7 Å². The van der Waals surface area contributed by atoms with E-state index in [0.717, 1.165) is 25.2 Å². The van der Waals surface area contributed by atoms with Crippen molar-refractivity contribution >= 4 is 11.6 Å². The largest absolute Gasteiger partial charge is 0.395 e. The molecular formula is C15H25N5O. The predicted molar refractivity (Wildman–Crippen MR) is 82.1 cm³/mol. The van der Waals surface area contributed by atoms with Crippen LogP contribution in [-0.2, 0) is 7.05 Å². The molecule has 1 atom stereocenters. The Morgan fingerprint density at radius 3 is 2.57 bits per heavy atom. The van der Waals surface area contributed by atoms with Crippen molar-refractivity contribution < 1.29 is 4.79 Å². The van der Waals surface area contributed by atoms with Crippen LogP contribution in [-0.4, -0.2) is 57.7 Å². The van der Waals surface area contributed by atoms with Crippen molar-refractivity contribution in [2.75, 3.05) is 31.9 Å². The molecule has 3 heterocycles. The van der Waals surface area contributed by atoms with E-state index >= 15 is 0 Å². The molecule has 2 fully saturated rings. The van der Waals surface area contributed by atoms with Gasteiger partial charge in [0.25, 0.3) is 5.91 Å². The maximum atomic E-state index is 12.8. The van der Waals surface area contributed by atoms with Crippen LogP contribution in [0.4, 0.5) is 5.69 Å². The van der Waals surface area contributed by atoms with Crippen molar-refractivity contribution in [2.24, 2.45) is 7.05 Å². The number of nitrogen functional groups attached to an aromatic ring is 1. The number of carbonyl (C=O) groups excluding carboxylic acids is 1. The summed E-state index contributed by atoms with van der Waals surface area (Å²) in [4.78, 5) is 17.3. The lowest BCUT2D eigenvalue weighted by Gasteiger charge is -2.37. The molecule has 2 aliphatic rings. The van der Waals surface area contributed by atoms with E-state index in [0.29, 0.717) is 17.4 Å². The Morgan fingerprint density at radius 1 is 1.24 bits per heavy atom. The number of amides is 1. The first-order valence-corrected chi connectivity index (χ1v) is 7.90. The van der Waals surface area contributed by atoms with Gasteiger partial charge in [-0.15, -0.1) is 0 Å². The summed E-state index contributed by atoms with van der Waals surface area (Å²) in [5, 5.41) is 4.26. The molecule has 3 rings (SSSR count). The van der Waals surface area contributed by atoms with Crippen LogP contribution in [0.25, 0.3) is 0 Å². The maximum absolute atomic E-state index is 12.8. The van der Waals surface area contributed by atoms with Crippen LogP contribution in [0, 0.1) is 6.92 Å².